The van der Waals surface area contributed by atoms with Crippen molar-refractivity contribution in [3.05, 3.63) is 29.8 Å². The monoisotopic (exact) mass is 261 g/mol. The van der Waals surface area contributed by atoms with Crippen LogP contribution in [0.1, 0.15) is 38.2 Å². The normalized spacial score (nSPS) is 24.2. The topological polar surface area (TPSA) is 61.8 Å². The van der Waals surface area contributed by atoms with Crippen LogP contribution in [0.5, 0.6) is 0 Å². The van der Waals surface area contributed by atoms with E-state index in [1.165, 1.54) is 31.4 Å². The molecule has 4 heteroatoms. The maximum absolute atomic E-state index is 8.65. The summed E-state index contributed by atoms with van der Waals surface area (Å²) < 4.78 is 0. The van der Waals surface area contributed by atoms with E-state index < -0.39 is 0 Å². The number of nitrogens with two attached hydrogens (primary N) is 1. The molecule has 19 heavy (non-hydrogen) atoms. The third-order valence-corrected chi connectivity index (χ3v) is 4.13. The molecule has 0 heterocycles. The predicted octanol–water partition coefficient (Wildman–Crippen LogP) is 2.80. The first kappa shape index (κ1) is 13.7. The van der Waals surface area contributed by atoms with Crippen molar-refractivity contribution in [1.29, 1.82) is 0 Å². The molecular formula is C15H23N3O. The molecular weight excluding hydrogens is 238 g/mol. The Bertz CT molecular complexity index is 441. The van der Waals surface area contributed by atoms with Gasteiger partial charge in [0, 0.05) is 24.3 Å². The summed E-state index contributed by atoms with van der Waals surface area (Å²) in [4.78, 5) is 2.35. The first-order chi connectivity index (χ1) is 9.11. The largest absolute Gasteiger partial charge is 0.409 e. The maximum Gasteiger partial charge on any atom is 0.170 e. The summed E-state index contributed by atoms with van der Waals surface area (Å²) in [5.74, 6) is 0.970. The van der Waals surface area contributed by atoms with Gasteiger partial charge in [-0.05, 0) is 43.0 Å². The van der Waals surface area contributed by atoms with E-state index >= 15 is 0 Å². The predicted molar refractivity (Wildman–Crippen MR) is 78.8 cm³/mol. The Kier molecular flexibility index (Phi) is 4.30. The second-order valence-corrected chi connectivity index (χ2v) is 5.57. The van der Waals surface area contributed by atoms with Crippen molar-refractivity contribution in [1.82, 2.24) is 0 Å². The van der Waals surface area contributed by atoms with Gasteiger partial charge in [-0.3, -0.25) is 0 Å². The van der Waals surface area contributed by atoms with Gasteiger partial charge in [-0.25, -0.2) is 0 Å². The molecule has 1 saturated carbocycles. The number of hydrogen-bond acceptors (Lipinski definition) is 3. The molecule has 1 aliphatic carbocycles. The molecule has 2 unspecified atom stereocenters. The minimum absolute atomic E-state index is 0.153. The standard InChI is InChI=1S/C15H23N3O/c1-11-4-3-5-14(10-11)18(2)13-8-6-12(7-9-13)15(16)17-19/h6-9,11,14,19H,3-5,10H2,1-2H3,(H2,16,17). The molecule has 1 aliphatic rings. The van der Waals surface area contributed by atoms with E-state index in [0.29, 0.717) is 6.04 Å². The maximum atomic E-state index is 8.65. The van der Waals surface area contributed by atoms with Gasteiger partial charge in [0.15, 0.2) is 5.84 Å². The van der Waals surface area contributed by atoms with Gasteiger partial charge in [0.2, 0.25) is 0 Å². The number of amidine groups is 1. The second-order valence-electron chi connectivity index (χ2n) is 5.57. The number of rotatable bonds is 3. The van der Waals surface area contributed by atoms with Gasteiger partial charge in [0.25, 0.3) is 0 Å². The highest BCUT2D eigenvalue weighted by atomic mass is 16.4. The lowest BCUT2D eigenvalue weighted by molar-refractivity contribution is 0.318. The number of nitrogens with zero attached hydrogens (tertiary/aromatic N) is 2. The van der Waals surface area contributed by atoms with E-state index in [0.717, 1.165) is 11.5 Å². The molecule has 2 rings (SSSR count). The van der Waals surface area contributed by atoms with Crippen LogP contribution in [0.15, 0.2) is 29.4 Å². The van der Waals surface area contributed by atoms with E-state index in [1.807, 2.05) is 24.3 Å². The van der Waals surface area contributed by atoms with Gasteiger partial charge in [-0.2, -0.15) is 0 Å². The first-order valence-electron chi connectivity index (χ1n) is 6.92. The van der Waals surface area contributed by atoms with E-state index in [-0.39, 0.29) is 5.84 Å². The Morgan fingerprint density at radius 3 is 2.58 bits per heavy atom. The highest BCUT2D eigenvalue weighted by molar-refractivity contribution is 5.97. The zero-order chi connectivity index (χ0) is 13.8. The molecule has 104 valence electrons. The van der Waals surface area contributed by atoms with Gasteiger partial charge in [0.1, 0.15) is 0 Å². The van der Waals surface area contributed by atoms with Crippen LogP contribution in [-0.4, -0.2) is 24.1 Å². The van der Waals surface area contributed by atoms with E-state index in [4.69, 9.17) is 10.9 Å². The van der Waals surface area contributed by atoms with Gasteiger partial charge in [-0.1, -0.05) is 24.9 Å². The number of benzene rings is 1. The van der Waals surface area contributed by atoms with Crippen LogP contribution >= 0.6 is 0 Å². The third-order valence-electron chi connectivity index (χ3n) is 4.13. The molecule has 0 radical (unpaired) electrons. The lowest BCUT2D eigenvalue weighted by atomic mass is 9.86. The fourth-order valence-corrected chi connectivity index (χ4v) is 2.89. The van der Waals surface area contributed by atoms with Crippen LogP contribution in [0.2, 0.25) is 0 Å². The van der Waals surface area contributed by atoms with Gasteiger partial charge < -0.3 is 15.8 Å². The quantitative estimate of drug-likeness (QED) is 0.380. The highest BCUT2D eigenvalue weighted by Gasteiger charge is 2.22. The first-order valence-corrected chi connectivity index (χ1v) is 6.92. The summed E-state index contributed by atoms with van der Waals surface area (Å²) >= 11 is 0. The SMILES string of the molecule is CC1CCCC(N(C)c2ccc(/C(N)=N/O)cc2)C1. The molecule has 0 bridgehead atoms. The fourth-order valence-electron chi connectivity index (χ4n) is 2.89. The van der Waals surface area contributed by atoms with E-state index in [2.05, 4.69) is 24.0 Å². The van der Waals surface area contributed by atoms with Crippen molar-refractivity contribution in [3.8, 4) is 0 Å². The molecule has 0 spiro atoms. The van der Waals surface area contributed by atoms with Crippen molar-refractivity contribution in [2.75, 3.05) is 11.9 Å². The molecule has 1 fully saturated rings. The zero-order valence-corrected chi connectivity index (χ0v) is 11.7. The number of hydrogen-bond donors (Lipinski definition) is 2. The summed E-state index contributed by atoms with van der Waals surface area (Å²) in [6.45, 7) is 2.33. The van der Waals surface area contributed by atoms with Gasteiger partial charge in [0.05, 0.1) is 0 Å². The van der Waals surface area contributed by atoms with Crippen LogP contribution < -0.4 is 10.6 Å². The third kappa shape index (κ3) is 3.19. The summed E-state index contributed by atoms with van der Waals surface area (Å²) in [5, 5.41) is 11.7. The Labute approximate surface area is 114 Å². The average molecular weight is 261 g/mol. The minimum Gasteiger partial charge on any atom is -0.409 e. The Balaban J connectivity index is 2.08. The van der Waals surface area contributed by atoms with Crippen molar-refractivity contribution >= 4 is 11.5 Å². The zero-order valence-electron chi connectivity index (χ0n) is 11.7. The average Bonchev–Trinajstić information content (AvgIpc) is 2.46. The second kappa shape index (κ2) is 5.95. The van der Waals surface area contributed by atoms with E-state index in [1.54, 1.807) is 0 Å². The molecule has 0 amide bonds. The van der Waals surface area contributed by atoms with Crippen LogP contribution in [0.3, 0.4) is 0 Å². The molecule has 0 saturated heterocycles. The van der Waals surface area contributed by atoms with Gasteiger partial charge >= 0.3 is 0 Å². The van der Waals surface area contributed by atoms with Crippen molar-refractivity contribution in [3.63, 3.8) is 0 Å². The summed E-state index contributed by atoms with van der Waals surface area (Å²) in [7, 11) is 2.15. The smallest absolute Gasteiger partial charge is 0.170 e. The van der Waals surface area contributed by atoms with Crippen LogP contribution in [-0.2, 0) is 0 Å². The minimum atomic E-state index is 0.153. The molecule has 0 aliphatic heterocycles. The highest BCUT2D eigenvalue weighted by Crippen LogP contribution is 2.29. The molecule has 1 aromatic rings. The van der Waals surface area contributed by atoms with Crippen molar-refractivity contribution < 1.29 is 5.21 Å². The lowest BCUT2D eigenvalue weighted by Crippen LogP contribution is -2.35. The van der Waals surface area contributed by atoms with Crippen LogP contribution in [0.25, 0.3) is 0 Å². The lowest BCUT2D eigenvalue weighted by Gasteiger charge is -2.35. The fraction of sp³-hybridized carbons (Fsp3) is 0.533. The van der Waals surface area contributed by atoms with Crippen molar-refractivity contribution in [2.45, 2.75) is 38.6 Å². The number of anilines is 1. The Morgan fingerprint density at radius 1 is 1.32 bits per heavy atom. The molecule has 2 atom stereocenters. The van der Waals surface area contributed by atoms with Crippen molar-refractivity contribution in [2.24, 2.45) is 16.8 Å². The molecule has 4 nitrogen and oxygen atoms in total. The summed E-state index contributed by atoms with van der Waals surface area (Å²) in [6.07, 6.45) is 5.20. The molecule has 1 aromatic carbocycles. The van der Waals surface area contributed by atoms with Crippen LogP contribution in [0, 0.1) is 5.92 Å². The molecule has 3 N–H and O–H groups in total. The van der Waals surface area contributed by atoms with Gasteiger partial charge in [-0.15, -0.1) is 0 Å². The Morgan fingerprint density at radius 2 is 2.00 bits per heavy atom. The van der Waals surface area contributed by atoms with E-state index in [9.17, 15) is 0 Å². The summed E-state index contributed by atoms with van der Waals surface area (Å²) in [6, 6.07) is 8.48. The van der Waals surface area contributed by atoms with Crippen LogP contribution in [0.4, 0.5) is 5.69 Å². The number of oxime groups is 1. The summed E-state index contributed by atoms with van der Waals surface area (Å²) in [5.41, 5.74) is 7.50. The Hall–Kier alpha value is -1.71. The molecule has 0 aromatic heterocycles.